The first-order valence-corrected chi connectivity index (χ1v) is 6.30. The Hall–Kier alpha value is -3.16. The minimum Gasteiger partial charge on any atom is -0.485 e. The van der Waals surface area contributed by atoms with E-state index in [0.717, 1.165) is 6.07 Å². The Bertz CT molecular complexity index is 674. The lowest BCUT2D eigenvalue weighted by Gasteiger charge is -2.09. The van der Waals surface area contributed by atoms with E-state index in [0.29, 0.717) is 17.7 Å². The van der Waals surface area contributed by atoms with Crippen LogP contribution in [0.5, 0.6) is 0 Å². The first kappa shape index (κ1) is 15.2. The van der Waals surface area contributed by atoms with Crippen molar-refractivity contribution in [3.8, 4) is 0 Å². The fourth-order valence-corrected chi connectivity index (χ4v) is 1.82. The number of rotatable bonds is 5. The standard InChI is InChI=1S/C14H13N3O5/c15-13-12(3-1-2-4-16-13)22-8-9-5-10(14(18)19)7-11(6-9)17(20)21/h2-7H,1,8H2,(H2,15,16)(H,18,19). The van der Waals surface area contributed by atoms with Gasteiger partial charge < -0.3 is 15.6 Å². The van der Waals surface area contributed by atoms with E-state index in [1.165, 1.54) is 12.1 Å². The van der Waals surface area contributed by atoms with E-state index in [9.17, 15) is 14.9 Å². The molecule has 8 nitrogen and oxygen atoms in total. The molecule has 3 N–H and O–H groups in total. The molecule has 2 rings (SSSR count). The maximum absolute atomic E-state index is 11.0. The van der Waals surface area contributed by atoms with Gasteiger partial charge in [-0.1, -0.05) is 6.08 Å². The number of benzene rings is 1. The van der Waals surface area contributed by atoms with Crippen LogP contribution in [-0.2, 0) is 11.3 Å². The van der Waals surface area contributed by atoms with Crippen LogP contribution >= 0.6 is 0 Å². The number of nitrogens with two attached hydrogens (primary N) is 1. The molecule has 1 aliphatic heterocycles. The summed E-state index contributed by atoms with van der Waals surface area (Å²) in [6.07, 6.45) is 5.66. The maximum Gasteiger partial charge on any atom is 0.335 e. The normalized spacial score (nSPS) is 13.8. The summed E-state index contributed by atoms with van der Waals surface area (Å²) in [4.78, 5) is 25.1. The fraction of sp³-hybridized carbons (Fsp3) is 0.143. The molecule has 1 aromatic carbocycles. The second kappa shape index (κ2) is 6.53. The van der Waals surface area contributed by atoms with Gasteiger partial charge >= 0.3 is 5.97 Å². The number of nitro groups is 1. The Morgan fingerprint density at radius 3 is 2.91 bits per heavy atom. The van der Waals surface area contributed by atoms with Crippen LogP contribution in [0.1, 0.15) is 22.3 Å². The quantitative estimate of drug-likeness (QED) is 0.632. The van der Waals surface area contributed by atoms with Gasteiger partial charge in [-0.05, 0) is 24.1 Å². The molecule has 0 saturated carbocycles. The van der Waals surface area contributed by atoms with Gasteiger partial charge in [0.1, 0.15) is 6.61 Å². The number of non-ortho nitro benzene ring substituents is 1. The minimum atomic E-state index is -1.25. The predicted octanol–water partition coefficient (Wildman–Crippen LogP) is 1.97. The molecule has 0 atom stereocenters. The number of hydrogen-bond acceptors (Lipinski definition) is 6. The molecule has 0 radical (unpaired) electrons. The third-order valence-electron chi connectivity index (χ3n) is 2.84. The average Bonchev–Trinajstić information content (AvgIpc) is 2.69. The van der Waals surface area contributed by atoms with Crippen molar-refractivity contribution in [2.45, 2.75) is 13.0 Å². The Kier molecular flexibility index (Phi) is 4.52. The molecule has 8 heteroatoms. The first-order chi connectivity index (χ1) is 10.5. The Morgan fingerprint density at radius 2 is 2.23 bits per heavy atom. The van der Waals surface area contributed by atoms with Crippen LogP contribution < -0.4 is 5.73 Å². The van der Waals surface area contributed by atoms with Crippen molar-refractivity contribution >= 4 is 17.5 Å². The molecule has 0 saturated heterocycles. The highest BCUT2D eigenvalue weighted by Crippen LogP contribution is 2.19. The summed E-state index contributed by atoms with van der Waals surface area (Å²) in [5.74, 6) is -0.699. The largest absolute Gasteiger partial charge is 0.485 e. The molecule has 1 aliphatic rings. The number of carboxylic acid groups (broad SMARTS) is 1. The van der Waals surface area contributed by atoms with Crippen LogP contribution in [0.25, 0.3) is 0 Å². The number of carbonyl (C=O) groups is 1. The van der Waals surface area contributed by atoms with Crippen molar-refractivity contribution in [1.82, 2.24) is 0 Å². The van der Waals surface area contributed by atoms with E-state index >= 15 is 0 Å². The second-order valence-electron chi connectivity index (χ2n) is 4.44. The van der Waals surface area contributed by atoms with Gasteiger partial charge in [0.2, 0.25) is 0 Å². The average molecular weight is 303 g/mol. The van der Waals surface area contributed by atoms with Gasteiger partial charge in [0.15, 0.2) is 11.6 Å². The van der Waals surface area contributed by atoms with Crippen molar-refractivity contribution < 1.29 is 19.6 Å². The Morgan fingerprint density at radius 1 is 1.45 bits per heavy atom. The van der Waals surface area contributed by atoms with Crippen molar-refractivity contribution in [3.05, 3.63) is 63.6 Å². The van der Waals surface area contributed by atoms with Crippen LogP contribution in [0.2, 0.25) is 0 Å². The number of nitrogens with zero attached hydrogens (tertiary/aromatic N) is 2. The minimum absolute atomic E-state index is 0.0516. The number of carboxylic acids is 1. The highest BCUT2D eigenvalue weighted by molar-refractivity contribution is 5.95. The van der Waals surface area contributed by atoms with Crippen LogP contribution in [0.4, 0.5) is 5.69 Å². The van der Waals surface area contributed by atoms with Gasteiger partial charge in [0.25, 0.3) is 5.69 Å². The third-order valence-corrected chi connectivity index (χ3v) is 2.84. The molecule has 0 unspecified atom stereocenters. The zero-order chi connectivity index (χ0) is 16.1. The summed E-state index contributed by atoms with van der Waals surface area (Å²) in [5.41, 5.74) is 5.58. The number of aromatic carboxylic acids is 1. The molecular formula is C14H13N3O5. The van der Waals surface area contributed by atoms with Gasteiger partial charge in [-0.25, -0.2) is 9.79 Å². The van der Waals surface area contributed by atoms with E-state index in [1.54, 1.807) is 18.4 Å². The van der Waals surface area contributed by atoms with Gasteiger partial charge in [-0.15, -0.1) is 0 Å². The zero-order valence-corrected chi connectivity index (χ0v) is 11.4. The molecule has 0 fully saturated rings. The highest BCUT2D eigenvalue weighted by atomic mass is 16.6. The monoisotopic (exact) mass is 303 g/mol. The van der Waals surface area contributed by atoms with Gasteiger partial charge in [-0.3, -0.25) is 10.1 Å². The number of amidine groups is 1. The van der Waals surface area contributed by atoms with E-state index in [-0.39, 0.29) is 23.7 Å². The van der Waals surface area contributed by atoms with Gasteiger partial charge in [-0.2, -0.15) is 0 Å². The Balaban J connectivity index is 2.20. The molecule has 114 valence electrons. The molecule has 22 heavy (non-hydrogen) atoms. The first-order valence-electron chi connectivity index (χ1n) is 6.30. The predicted molar refractivity (Wildman–Crippen MR) is 78.3 cm³/mol. The molecule has 0 amide bonds. The summed E-state index contributed by atoms with van der Waals surface area (Å²) in [6, 6.07) is 3.57. The molecular weight excluding hydrogens is 290 g/mol. The van der Waals surface area contributed by atoms with Crippen molar-refractivity contribution in [1.29, 1.82) is 0 Å². The number of hydrogen-bond donors (Lipinski definition) is 2. The molecule has 1 heterocycles. The van der Waals surface area contributed by atoms with Crippen LogP contribution in [0.3, 0.4) is 0 Å². The Labute approximate surface area is 125 Å². The van der Waals surface area contributed by atoms with E-state index in [2.05, 4.69) is 4.99 Å². The van der Waals surface area contributed by atoms with Crippen LogP contribution in [0.15, 0.2) is 47.3 Å². The summed E-state index contributed by atoms with van der Waals surface area (Å²) in [5, 5.41) is 19.8. The summed E-state index contributed by atoms with van der Waals surface area (Å²) >= 11 is 0. The van der Waals surface area contributed by atoms with Crippen molar-refractivity contribution in [2.24, 2.45) is 10.7 Å². The fourth-order valence-electron chi connectivity index (χ4n) is 1.82. The molecule has 1 aromatic rings. The lowest BCUT2D eigenvalue weighted by molar-refractivity contribution is -0.385. The van der Waals surface area contributed by atoms with Crippen molar-refractivity contribution in [3.63, 3.8) is 0 Å². The van der Waals surface area contributed by atoms with Gasteiger partial charge in [0.05, 0.1) is 10.5 Å². The van der Waals surface area contributed by atoms with Gasteiger partial charge in [0, 0.05) is 18.3 Å². The third kappa shape index (κ3) is 3.69. The molecule has 0 spiro atoms. The topological polar surface area (TPSA) is 128 Å². The smallest absolute Gasteiger partial charge is 0.335 e. The number of aliphatic imine (C=N–C) groups is 1. The number of nitro benzene ring substituents is 1. The lowest BCUT2D eigenvalue weighted by atomic mass is 10.1. The van der Waals surface area contributed by atoms with E-state index in [4.69, 9.17) is 15.6 Å². The van der Waals surface area contributed by atoms with E-state index < -0.39 is 10.9 Å². The molecule has 0 aromatic heterocycles. The highest BCUT2D eigenvalue weighted by Gasteiger charge is 2.15. The maximum atomic E-state index is 11.0. The number of allylic oxidation sites excluding steroid dienone is 2. The molecule has 0 bridgehead atoms. The number of ether oxygens (including phenoxy) is 1. The summed E-state index contributed by atoms with van der Waals surface area (Å²) in [6.45, 7) is -0.0516. The van der Waals surface area contributed by atoms with Crippen LogP contribution in [-0.4, -0.2) is 21.8 Å². The molecule has 0 aliphatic carbocycles. The van der Waals surface area contributed by atoms with Crippen LogP contribution in [0, 0.1) is 10.1 Å². The lowest BCUT2D eigenvalue weighted by Crippen LogP contribution is -2.16. The summed E-state index contributed by atoms with van der Waals surface area (Å²) < 4.78 is 5.48. The second-order valence-corrected chi connectivity index (χ2v) is 4.44. The zero-order valence-electron chi connectivity index (χ0n) is 11.4. The van der Waals surface area contributed by atoms with E-state index in [1.807, 2.05) is 0 Å². The summed E-state index contributed by atoms with van der Waals surface area (Å²) in [7, 11) is 0. The SMILES string of the molecule is NC1=NC=CCC=C1OCc1cc(C(=O)O)cc([N+](=O)[O-])c1. The van der Waals surface area contributed by atoms with Crippen molar-refractivity contribution in [2.75, 3.05) is 0 Å².